The first-order chi connectivity index (χ1) is 11.6. The number of allylic oxidation sites excluding steroid dienone is 1. The molecule has 24 heavy (non-hydrogen) atoms. The summed E-state index contributed by atoms with van der Waals surface area (Å²) in [6, 6.07) is 7.23. The molecule has 1 aliphatic carbocycles. The van der Waals surface area contributed by atoms with Crippen molar-refractivity contribution in [3.63, 3.8) is 0 Å². The minimum atomic E-state index is 0.630. The fraction of sp³-hybridized carbons (Fsp3) is 0.524. The maximum Gasteiger partial charge on any atom is 0.0894 e. The fourth-order valence-corrected chi connectivity index (χ4v) is 3.86. The van der Waals surface area contributed by atoms with Crippen molar-refractivity contribution in [2.24, 2.45) is 11.8 Å². The summed E-state index contributed by atoms with van der Waals surface area (Å²) in [5.74, 6) is 2.09. The van der Waals surface area contributed by atoms with Crippen LogP contribution in [0.3, 0.4) is 0 Å². The molecule has 0 N–H and O–H groups in total. The van der Waals surface area contributed by atoms with Crippen molar-refractivity contribution < 1.29 is 0 Å². The predicted octanol–water partition coefficient (Wildman–Crippen LogP) is 4.50. The van der Waals surface area contributed by atoms with E-state index in [-0.39, 0.29) is 0 Å². The quantitative estimate of drug-likeness (QED) is 0.833. The van der Waals surface area contributed by atoms with Gasteiger partial charge in [-0.1, -0.05) is 19.1 Å². The second-order valence-electron chi connectivity index (χ2n) is 7.84. The highest BCUT2D eigenvalue weighted by Crippen LogP contribution is 2.40. The van der Waals surface area contributed by atoms with E-state index in [0.29, 0.717) is 17.9 Å². The van der Waals surface area contributed by atoms with Crippen LogP contribution in [-0.2, 0) is 0 Å². The fourth-order valence-electron chi connectivity index (χ4n) is 3.86. The summed E-state index contributed by atoms with van der Waals surface area (Å²) in [6.07, 6.45) is 10.3. The van der Waals surface area contributed by atoms with Crippen LogP contribution < -0.4 is 0 Å². The summed E-state index contributed by atoms with van der Waals surface area (Å²) in [7, 11) is 2.23. The molecule has 1 aliphatic heterocycles. The number of rotatable bonds is 3. The van der Waals surface area contributed by atoms with E-state index in [0.717, 1.165) is 22.6 Å². The Hall–Kier alpha value is -1.74. The third kappa shape index (κ3) is 3.23. The van der Waals surface area contributed by atoms with Crippen LogP contribution in [0.4, 0.5) is 0 Å². The number of likely N-dealkylation sites (tertiary alicyclic amines) is 1. The number of fused-ring (bicyclic) bond motifs is 1. The van der Waals surface area contributed by atoms with Crippen LogP contribution >= 0.6 is 0 Å². The third-order valence-corrected chi connectivity index (χ3v) is 5.82. The minimum absolute atomic E-state index is 0.630. The molecule has 4 rings (SSSR count). The maximum absolute atomic E-state index is 4.78. The van der Waals surface area contributed by atoms with Gasteiger partial charge in [-0.05, 0) is 74.8 Å². The van der Waals surface area contributed by atoms with Crippen LogP contribution in [0.1, 0.15) is 50.3 Å². The van der Waals surface area contributed by atoms with Gasteiger partial charge in [-0.3, -0.25) is 4.98 Å². The van der Waals surface area contributed by atoms with Gasteiger partial charge in [-0.25, -0.2) is 4.98 Å². The van der Waals surface area contributed by atoms with Gasteiger partial charge in [0, 0.05) is 12.6 Å². The number of nitrogens with zero attached hydrogens (tertiary/aromatic N) is 3. The lowest BCUT2D eigenvalue weighted by Crippen LogP contribution is -2.42. The van der Waals surface area contributed by atoms with Crippen molar-refractivity contribution in [2.75, 3.05) is 13.6 Å². The summed E-state index contributed by atoms with van der Waals surface area (Å²) < 4.78 is 0. The Balaban J connectivity index is 1.52. The molecular formula is C21H27N3. The van der Waals surface area contributed by atoms with Crippen molar-refractivity contribution in [2.45, 2.75) is 45.1 Å². The van der Waals surface area contributed by atoms with Crippen molar-refractivity contribution >= 4 is 17.1 Å². The van der Waals surface area contributed by atoms with Gasteiger partial charge in [0.25, 0.3) is 0 Å². The molecule has 0 bridgehead atoms. The Kier molecular flexibility index (Phi) is 4.13. The van der Waals surface area contributed by atoms with Crippen molar-refractivity contribution in [1.82, 2.24) is 14.9 Å². The van der Waals surface area contributed by atoms with Gasteiger partial charge in [0.15, 0.2) is 0 Å². The van der Waals surface area contributed by atoms with Crippen LogP contribution in [-0.4, -0.2) is 34.5 Å². The van der Waals surface area contributed by atoms with Crippen molar-refractivity contribution in [3.05, 3.63) is 41.7 Å². The zero-order valence-electron chi connectivity index (χ0n) is 14.9. The summed E-state index contributed by atoms with van der Waals surface area (Å²) in [6.45, 7) is 5.84. The number of benzene rings is 1. The Morgan fingerprint density at radius 1 is 1.17 bits per heavy atom. The Morgan fingerprint density at radius 2 is 2.00 bits per heavy atom. The van der Waals surface area contributed by atoms with Gasteiger partial charge in [0.2, 0.25) is 0 Å². The smallest absolute Gasteiger partial charge is 0.0894 e. The summed E-state index contributed by atoms with van der Waals surface area (Å²) in [5, 5.41) is 0. The van der Waals surface area contributed by atoms with Crippen molar-refractivity contribution in [3.8, 4) is 0 Å². The van der Waals surface area contributed by atoms with Gasteiger partial charge in [0.05, 0.1) is 22.9 Å². The Bertz CT molecular complexity index is 763. The molecule has 1 aromatic heterocycles. The van der Waals surface area contributed by atoms with Crippen molar-refractivity contribution in [1.29, 1.82) is 0 Å². The number of aromatic nitrogens is 2. The zero-order valence-corrected chi connectivity index (χ0v) is 14.9. The molecule has 3 atom stereocenters. The highest BCUT2D eigenvalue weighted by molar-refractivity contribution is 5.76. The predicted molar refractivity (Wildman–Crippen MR) is 99.9 cm³/mol. The molecule has 2 aliphatic rings. The summed E-state index contributed by atoms with van der Waals surface area (Å²) in [4.78, 5) is 11.9. The SMILES string of the molecule is CC1CN(C)C(C)CC1/C=C/c1cnc2cc(C3CC3)ccc2n1. The highest BCUT2D eigenvalue weighted by atomic mass is 15.1. The van der Waals surface area contributed by atoms with Crippen LogP contribution in [0, 0.1) is 11.8 Å². The lowest BCUT2D eigenvalue weighted by atomic mass is 9.83. The first-order valence-electron chi connectivity index (χ1n) is 9.25. The lowest BCUT2D eigenvalue weighted by molar-refractivity contribution is 0.125. The molecular weight excluding hydrogens is 294 g/mol. The van der Waals surface area contributed by atoms with Gasteiger partial charge < -0.3 is 4.90 Å². The Morgan fingerprint density at radius 3 is 2.79 bits per heavy atom. The van der Waals surface area contributed by atoms with Gasteiger partial charge in [-0.15, -0.1) is 0 Å². The lowest BCUT2D eigenvalue weighted by Gasteiger charge is -2.38. The molecule has 1 aromatic carbocycles. The molecule has 3 heteroatoms. The van der Waals surface area contributed by atoms with E-state index in [1.165, 1.54) is 31.4 Å². The average Bonchev–Trinajstić information content (AvgIpc) is 3.41. The molecule has 3 nitrogen and oxygen atoms in total. The molecule has 0 radical (unpaired) electrons. The molecule has 126 valence electrons. The van der Waals surface area contributed by atoms with E-state index in [4.69, 9.17) is 4.98 Å². The molecule has 2 aromatic rings. The zero-order chi connectivity index (χ0) is 16.7. The monoisotopic (exact) mass is 321 g/mol. The first kappa shape index (κ1) is 15.8. The van der Waals surface area contributed by atoms with Gasteiger partial charge in [-0.2, -0.15) is 0 Å². The molecule has 2 fully saturated rings. The number of hydrogen-bond donors (Lipinski definition) is 0. The van der Waals surface area contributed by atoms with Gasteiger partial charge >= 0.3 is 0 Å². The molecule has 2 heterocycles. The normalized spacial score (nSPS) is 28.7. The van der Waals surface area contributed by atoms with E-state index in [2.05, 4.69) is 61.1 Å². The van der Waals surface area contributed by atoms with E-state index in [1.807, 2.05) is 6.20 Å². The average molecular weight is 321 g/mol. The van der Waals surface area contributed by atoms with Gasteiger partial charge in [0.1, 0.15) is 0 Å². The Labute approximate surface area is 144 Å². The second-order valence-corrected chi connectivity index (χ2v) is 7.84. The molecule has 0 spiro atoms. The number of hydrogen-bond acceptors (Lipinski definition) is 3. The van der Waals surface area contributed by atoms with Crippen LogP contribution in [0.2, 0.25) is 0 Å². The number of piperidine rings is 1. The van der Waals surface area contributed by atoms with Crippen LogP contribution in [0.25, 0.3) is 17.1 Å². The second kappa shape index (κ2) is 6.29. The topological polar surface area (TPSA) is 29.0 Å². The van der Waals surface area contributed by atoms with Crippen LogP contribution in [0.5, 0.6) is 0 Å². The maximum atomic E-state index is 4.78. The van der Waals surface area contributed by atoms with E-state index in [1.54, 1.807) is 0 Å². The molecule has 1 saturated heterocycles. The van der Waals surface area contributed by atoms with E-state index >= 15 is 0 Å². The highest BCUT2D eigenvalue weighted by Gasteiger charge is 2.27. The molecule has 1 saturated carbocycles. The third-order valence-electron chi connectivity index (χ3n) is 5.82. The molecule has 3 unspecified atom stereocenters. The largest absolute Gasteiger partial charge is 0.303 e. The summed E-state index contributed by atoms with van der Waals surface area (Å²) >= 11 is 0. The van der Waals surface area contributed by atoms with E-state index < -0.39 is 0 Å². The minimum Gasteiger partial charge on any atom is -0.303 e. The first-order valence-corrected chi connectivity index (χ1v) is 9.25. The molecule has 0 amide bonds. The summed E-state index contributed by atoms with van der Waals surface area (Å²) in [5.41, 5.74) is 4.43. The standard InChI is InChI=1S/C21H27N3/c1-14-13-24(3)15(2)10-17(14)6-8-19-12-22-21-11-18(16-4-5-16)7-9-20(21)23-19/h6-9,11-12,14-17H,4-5,10,13H2,1-3H3/b8-6+. The van der Waals surface area contributed by atoms with Crippen LogP contribution in [0.15, 0.2) is 30.5 Å². The van der Waals surface area contributed by atoms with E-state index in [9.17, 15) is 0 Å².